The second-order valence-electron chi connectivity index (χ2n) is 5.95. The molecule has 0 aliphatic carbocycles. The third kappa shape index (κ3) is 3.78. The monoisotopic (exact) mass is 343 g/mol. The summed E-state index contributed by atoms with van der Waals surface area (Å²) in [6, 6.07) is 2.72. The normalized spacial score (nSPS) is 21.8. The number of non-ortho nitro benzene ring substituents is 1. The van der Waals surface area contributed by atoms with Gasteiger partial charge < -0.3 is 14.5 Å². The highest BCUT2D eigenvalue weighted by molar-refractivity contribution is 5.98. The van der Waals surface area contributed by atoms with Crippen molar-refractivity contribution in [3.63, 3.8) is 0 Å². The van der Waals surface area contributed by atoms with E-state index in [0.717, 1.165) is 18.2 Å². The fraction of sp³-hybridized carbons (Fsp3) is 0.533. The molecule has 7 nitrogen and oxygen atoms in total. The lowest BCUT2D eigenvalue weighted by molar-refractivity contribution is -0.384. The highest BCUT2D eigenvalue weighted by Crippen LogP contribution is 2.29. The van der Waals surface area contributed by atoms with Crippen LogP contribution < -0.4 is 4.74 Å². The molecule has 0 bridgehead atoms. The molecule has 2 rings (SSSR count). The summed E-state index contributed by atoms with van der Waals surface area (Å²) in [5.74, 6) is -0.915. The van der Waals surface area contributed by atoms with E-state index in [-0.39, 0.29) is 29.1 Å². The number of hydrogen-bond donors (Lipinski definition) is 0. The van der Waals surface area contributed by atoms with Crippen molar-refractivity contribution in [3.8, 4) is 5.75 Å². The maximum absolute atomic E-state index is 12.9. The van der Waals surface area contributed by atoms with Crippen molar-refractivity contribution in [2.75, 3.05) is 20.1 Å². The number of amides is 1. The van der Waals surface area contributed by atoms with E-state index < -0.39 is 17.4 Å². The van der Waals surface area contributed by atoms with Gasteiger partial charge in [0.1, 0.15) is 5.75 Å². The van der Waals surface area contributed by atoms with E-state index in [1.54, 1.807) is 4.90 Å². The molecule has 2 atom stereocenters. The summed E-state index contributed by atoms with van der Waals surface area (Å²) >= 11 is 0. The van der Waals surface area contributed by atoms with E-state index in [1.807, 2.05) is 20.9 Å². The van der Waals surface area contributed by atoms with Crippen molar-refractivity contribution in [2.45, 2.75) is 32.5 Å². The number of alkyl halides is 2. The fourth-order valence-electron chi connectivity index (χ4n) is 3.12. The molecule has 1 aliphatic rings. The van der Waals surface area contributed by atoms with Crippen molar-refractivity contribution in [3.05, 3.63) is 33.9 Å². The minimum Gasteiger partial charge on any atom is -0.434 e. The molecule has 1 fully saturated rings. The SMILES string of the molecule is C[C@H]1CN(C)C[C@H](C)N1C(=O)c1cc([N+](=O)[O-])ccc1OC(F)F. The summed E-state index contributed by atoms with van der Waals surface area (Å²) in [6.45, 7) is 1.80. The summed E-state index contributed by atoms with van der Waals surface area (Å²) in [6.07, 6.45) is 0. The van der Waals surface area contributed by atoms with E-state index in [2.05, 4.69) is 9.64 Å². The van der Waals surface area contributed by atoms with Gasteiger partial charge in [0.05, 0.1) is 10.5 Å². The Morgan fingerprint density at radius 2 is 1.92 bits per heavy atom. The number of ether oxygens (including phenoxy) is 1. The number of piperazine rings is 1. The number of halogens is 2. The van der Waals surface area contributed by atoms with Gasteiger partial charge in [-0.15, -0.1) is 0 Å². The molecule has 0 aromatic heterocycles. The first-order chi connectivity index (χ1) is 11.2. The van der Waals surface area contributed by atoms with Gasteiger partial charge in [0.2, 0.25) is 0 Å². The Morgan fingerprint density at radius 1 is 1.33 bits per heavy atom. The molecule has 9 heteroatoms. The summed E-state index contributed by atoms with van der Waals surface area (Å²) in [5, 5.41) is 10.9. The van der Waals surface area contributed by atoms with Crippen LogP contribution in [0.5, 0.6) is 5.75 Å². The molecule has 24 heavy (non-hydrogen) atoms. The highest BCUT2D eigenvalue weighted by Gasteiger charge is 2.34. The topological polar surface area (TPSA) is 75.9 Å². The lowest BCUT2D eigenvalue weighted by atomic mass is 10.0. The van der Waals surface area contributed by atoms with E-state index in [1.165, 1.54) is 0 Å². The minimum atomic E-state index is -3.12. The first-order valence-electron chi connectivity index (χ1n) is 7.45. The molecule has 1 saturated heterocycles. The van der Waals surface area contributed by atoms with Gasteiger partial charge in [0.15, 0.2) is 0 Å². The fourth-order valence-corrected chi connectivity index (χ4v) is 3.12. The molecule has 1 aromatic carbocycles. The summed E-state index contributed by atoms with van der Waals surface area (Å²) in [5.41, 5.74) is -0.581. The highest BCUT2D eigenvalue weighted by atomic mass is 19.3. The number of likely N-dealkylation sites (N-methyl/N-ethyl adjacent to an activating group) is 1. The quantitative estimate of drug-likeness (QED) is 0.620. The van der Waals surface area contributed by atoms with Crippen LogP contribution in [0.4, 0.5) is 14.5 Å². The van der Waals surface area contributed by atoms with E-state index >= 15 is 0 Å². The van der Waals surface area contributed by atoms with Gasteiger partial charge in [0.25, 0.3) is 11.6 Å². The Labute approximate surface area is 137 Å². The molecular formula is C15H19F2N3O4. The minimum absolute atomic E-state index is 0.162. The molecule has 0 N–H and O–H groups in total. The molecule has 0 saturated carbocycles. The summed E-state index contributed by atoms with van der Waals surface area (Å²) < 4.78 is 29.5. The average Bonchev–Trinajstić information content (AvgIpc) is 2.45. The van der Waals surface area contributed by atoms with Gasteiger partial charge in [0, 0.05) is 37.3 Å². The zero-order valence-corrected chi connectivity index (χ0v) is 13.6. The predicted octanol–water partition coefficient (Wildman–Crippen LogP) is 2.36. The first kappa shape index (κ1) is 18.1. The molecule has 132 valence electrons. The number of nitro benzene ring substituents is 1. The van der Waals surface area contributed by atoms with Gasteiger partial charge >= 0.3 is 6.61 Å². The Bertz CT molecular complexity index is 629. The smallest absolute Gasteiger partial charge is 0.387 e. The van der Waals surface area contributed by atoms with Crippen molar-refractivity contribution in [2.24, 2.45) is 0 Å². The van der Waals surface area contributed by atoms with E-state index in [4.69, 9.17) is 0 Å². The van der Waals surface area contributed by atoms with Crippen LogP contribution in [0, 0.1) is 10.1 Å². The number of carbonyl (C=O) groups is 1. The van der Waals surface area contributed by atoms with Crippen LogP contribution in [0.25, 0.3) is 0 Å². The lowest BCUT2D eigenvalue weighted by Crippen LogP contribution is -2.57. The maximum Gasteiger partial charge on any atom is 0.387 e. The van der Waals surface area contributed by atoms with Gasteiger partial charge in [-0.1, -0.05) is 0 Å². The molecule has 1 heterocycles. The van der Waals surface area contributed by atoms with Crippen molar-refractivity contribution in [1.29, 1.82) is 0 Å². The Hall–Kier alpha value is -2.29. The largest absolute Gasteiger partial charge is 0.434 e. The second kappa shape index (κ2) is 7.08. The van der Waals surface area contributed by atoms with Crippen LogP contribution in [0.3, 0.4) is 0 Å². The maximum atomic E-state index is 12.9. The Morgan fingerprint density at radius 3 is 2.42 bits per heavy atom. The van der Waals surface area contributed by atoms with Gasteiger partial charge in [-0.05, 0) is 27.0 Å². The third-order valence-electron chi connectivity index (χ3n) is 3.96. The average molecular weight is 343 g/mol. The zero-order valence-electron chi connectivity index (χ0n) is 13.6. The van der Waals surface area contributed by atoms with E-state index in [9.17, 15) is 23.7 Å². The van der Waals surface area contributed by atoms with Crippen molar-refractivity contribution < 1.29 is 23.2 Å². The van der Waals surface area contributed by atoms with Gasteiger partial charge in [-0.3, -0.25) is 14.9 Å². The number of benzene rings is 1. The molecule has 0 unspecified atom stereocenters. The number of carbonyl (C=O) groups excluding carboxylic acids is 1. The van der Waals surface area contributed by atoms with Gasteiger partial charge in [-0.25, -0.2) is 0 Å². The number of hydrogen-bond acceptors (Lipinski definition) is 5. The van der Waals surface area contributed by atoms with Crippen molar-refractivity contribution in [1.82, 2.24) is 9.80 Å². The summed E-state index contributed by atoms with van der Waals surface area (Å²) in [7, 11) is 1.92. The molecule has 1 aliphatic heterocycles. The second-order valence-corrected chi connectivity index (χ2v) is 5.95. The molecule has 0 spiro atoms. The number of nitro groups is 1. The van der Waals surface area contributed by atoms with Crippen LogP contribution >= 0.6 is 0 Å². The first-order valence-corrected chi connectivity index (χ1v) is 7.45. The zero-order chi connectivity index (χ0) is 18.0. The van der Waals surface area contributed by atoms with Gasteiger partial charge in [-0.2, -0.15) is 8.78 Å². The van der Waals surface area contributed by atoms with Crippen LogP contribution in [-0.2, 0) is 0 Å². The molecular weight excluding hydrogens is 324 g/mol. The predicted molar refractivity (Wildman–Crippen MR) is 82.3 cm³/mol. The lowest BCUT2D eigenvalue weighted by Gasteiger charge is -2.43. The Balaban J connectivity index is 2.42. The molecule has 1 aromatic rings. The molecule has 1 amide bonds. The van der Waals surface area contributed by atoms with Crippen LogP contribution in [0.2, 0.25) is 0 Å². The van der Waals surface area contributed by atoms with Crippen LogP contribution in [0.15, 0.2) is 18.2 Å². The standard InChI is InChI=1S/C15H19F2N3O4/c1-9-7-18(3)8-10(2)19(9)14(21)12-6-11(20(22)23)4-5-13(12)24-15(16)17/h4-6,9-10,15H,7-8H2,1-3H3/t9-,10-/m0/s1. The van der Waals surface area contributed by atoms with Crippen molar-refractivity contribution >= 4 is 11.6 Å². The van der Waals surface area contributed by atoms with Crippen LogP contribution in [0.1, 0.15) is 24.2 Å². The molecule has 0 radical (unpaired) electrons. The van der Waals surface area contributed by atoms with Crippen LogP contribution in [-0.4, -0.2) is 59.5 Å². The number of nitrogens with zero attached hydrogens (tertiary/aromatic N) is 3. The van der Waals surface area contributed by atoms with E-state index in [0.29, 0.717) is 13.1 Å². The third-order valence-corrected chi connectivity index (χ3v) is 3.96. The summed E-state index contributed by atoms with van der Waals surface area (Å²) in [4.78, 5) is 26.7. The Kier molecular flexibility index (Phi) is 5.33. The number of rotatable bonds is 4.